The molecule has 9 heteroatoms. The van der Waals surface area contributed by atoms with Gasteiger partial charge in [0.25, 0.3) is 0 Å². The maximum atomic E-state index is 13.5. The predicted molar refractivity (Wildman–Crippen MR) is 130 cm³/mol. The average Bonchev–Trinajstić information content (AvgIpc) is 3.42. The molecule has 1 atom stereocenters. The van der Waals surface area contributed by atoms with Gasteiger partial charge in [0.1, 0.15) is 11.0 Å². The average molecular weight is 488 g/mol. The summed E-state index contributed by atoms with van der Waals surface area (Å²) in [6.07, 6.45) is 0. The number of benzene rings is 2. The molecule has 0 aliphatic carbocycles. The number of nitrogens with zero attached hydrogens (tertiary/aromatic N) is 2. The molecule has 2 heterocycles. The standard InChI is InChI=1S/C23H25N3O3S3/c1-15-9-16(2)21(17(3)10-15)32(28,29)26-14-30-13-20(26)22(27)24-11-19-12-31-23(25-19)18-7-5-4-6-8-18/h4-10,12,20H,11,13-14H2,1-3H3,(H,24,27). The van der Waals surface area contributed by atoms with E-state index in [1.54, 1.807) is 13.8 Å². The molecule has 1 aliphatic rings. The normalized spacial score (nSPS) is 16.9. The summed E-state index contributed by atoms with van der Waals surface area (Å²) >= 11 is 2.97. The summed E-state index contributed by atoms with van der Waals surface area (Å²) < 4.78 is 28.2. The van der Waals surface area contributed by atoms with E-state index in [1.807, 2.05) is 54.8 Å². The Morgan fingerprint density at radius 3 is 2.53 bits per heavy atom. The number of hydrogen-bond donors (Lipinski definition) is 1. The molecule has 6 nitrogen and oxygen atoms in total. The van der Waals surface area contributed by atoms with Crippen molar-refractivity contribution in [1.82, 2.24) is 14.6 Å². The molecule has 0 bridgehead atoms. The summed E-state index contributed by atoms with van der Waals surface area (Å²) in [6, 6.07) is 12.9. The van der Waals surface area contributed by atoms with E-state index < -0.39 is 16.1 Å². The molecular formula is C23H25N3O3S3. The number of carbonyl (C=O) groups excluding carboxylic acids is 1. The Labute approximate surface area is 197 Å². The number of amides is 1. The Morgan fingerprint density at radius 2 is 1.84 bits per heavy atom. The second-order valence-corrected chi connectivity index (χ2v) is 11.5. The lowest BCUT2D eigenvalue weighted by atomic mass is 10.1. The molecule has 1 fully saturated rings. The molecule has 1 unspecified atom stereocenters. The van der Waals surface area contributed by atoms with E-state index in [9.17, 15) is 13.2 Å². The minimum absolute atomic E-state index is 0.264. The summed E-state index contributed by atoms with van der Waals surface area (Å²) in [5, 5.41) is 5.69. The Hall–Kier alpha value is -2.20. The fraction of sp³-hybridized carbons (Fsp3) is 0.304. The maximum absolute atomic E-state index is 13.5. The number of aromatic nitrogens is 1. The fourth-order valence-corrected chi connectivity index (χ4v) is 8.35. The van der Waals surface area contributed by atoms with Gasteiger partial charge < -0.3 is 5.32 Å². The van der Waals surface area contributed by atoms with Crippen molar-refractivity contribution in [3.63, 3.8) is 0 Å². The van der Waals surface area contributed by atoms with Gasteiger partial charge in [-0.25, -0.2) is 13.4 Å². The quantitative estimate of drug-likeness (QED) is 0.566. The largest absolute Gasteiger partial charge is 0.349 e. The summed E-state index contributed by atoms with van der Waals surface area (Å²) in [4.78, 5) is 17.8. The zero-order chi connectivity index (χ0) is 22.9. The molecule has 32 heavy (non-hydrogen) atoms. The van der Waals surface area contributed by atoms with Gasteiger partial charge in [0, 0.05) is 16.7 Å². The van der Waals surface area contributed by atoms with Gasteiger partial charge in [-0.15, -0.1) is 23.1 Å². The molecule has 168 valence electrons. The number of thiazole rings is 1. The maximum Gasteiger partial charge on any atom is 0.245 e. The topological polar surface area (TPSA) is 79.4 Å². The van der Waals surface area contributed by atoms with E-state index >= 15 is 0 Å². The van der Waals surface area contributed by atoms with E-state index in [2.05, 4.69) is 10.3 Å². The van der Waals surface area contributed by atoms with Crippen molar-refractivity contribution >= 4 is 39.0 Å². The number of nitrogens with one attached hydrogen (secondary N) is 1. The van der Waals surface area contributed by atoms with Crippen LogP contribution in [0.3, 0.4) is 0 Å². The highest BCUT2D eigenvalue weighted by Gasteiger charge is 2.41. The first-order valence-electron chi connectivity index (χ1n) is 10.2. The van der Waals surface area contributed by atoms with Crippen LogP contribution in [-0.4, -0.2) is 41.3 Å². The van der Waals surface area contributed by atoms with E-state index in [0.717, 1.165) is 21.8 Å². The van der Waals surface area contributed by atoms with Crippen LogP contribution in [0.1, 0.15) is 22.4 Å². The van der Waals surface area contributed by atoms with Gasteiger partial charge in [0.15, 0.2) is 0 Å². The minimum atomic E-state index is -3.79. The SMILES string of the molecule is Cc1cc(C)c(S(=O)(=O)N2CSCC2C(=O)NCc2csc(-c3ccccc3)n2)c(C)c1. The van der Waals surface area contributed by atoms with Crippen LogP contribution in [0.4, 0.5) is 0 Å². The summed E-state index contributed by atoms with van der Waals surface area (Å²) in [5.74, 6) is 0.402. The minimum Gasteiger partial charge on any atom is -0.349 e. The highest BCUT2D eigenvalue weighted by molar-refractivity contribution is 8.00. The van der Waals surface area contributed by atoms with Crippen LogP contribution in [0.2, 0.25) is 0 Å². The molecule has 4 rings (SSSR count). The highest BCUT2D eigenvalue weighted by atomic mass is 32.2. The molecular weight excluding hydrogens is 462 g/mol. The molecule has 1 N–H and O–H groups in total. The van der Waals surface area contributed by atoms with E-state index in [0.29, 0.717) is 21.8 Å². The van der Waals surface area contributed by atoms with Crippen LogP contribution in [0, 0.1) is 20.8 Å². The van der Waals surface area contributed by atoms with Crippen molar-refractivity contribution < 1.29 is 13.2 Å². The molecule has 1 amide bonds. The molecule has 0 radical (unpaired) electrons. The third kappa shape index (κ3) is 4.61. The van der Waals surface area contributed by atoms with E-state index in [1.165, 1.54) is 27.4 Å². The van der Waals surface area contributed by atoms with Gasteiger partial charge in [0.2, 0.25) is 15.9 Å². The number of rotatable bonds is 6. The second-order valence-electron chi connectivity index (χ2n) is 7.86. The number of hydrogen-bond acceptors (Lipinski definition) is 6. The Balaban J connectivity index is 1.48. The number of aryl methyl sites for hydroxylation is 3. The summed E-state index contributed by atoms with van der Waals surface area (Å²) in [6.45, 7) is 5.81. The van der Waals surface area contributed by atoms with Crippen molar-refractivity contribution in [2.24, 2.45) is 0 Å². The summed E-state index contributed by atoms with van der Waals surface area (Å²) in [7, 11) is -3.79. The highest BCUT2D eigenvalue weighted by Crippen LogP contribution is 2.32. The lowest BCUT2D eigenvalue weighted by Gasteiger charge is -2.24. The van der Waals surface area contributed by atoms with Crippen molar-refractivity contribution in [2.45, 2.75) is 38.3 Å². The van der Waals surface area contributed by atoms with Crippen LogP contribution >= 0.6 is 23.1 Å². The van der Waals surface area contributed by atoms with Gasteiger partial charge in [-0.1, -0.05) is 48.0 Å². The van der Waals surface area contributed by atoms with E-state index in [-0.39, 0.29) is 18.3 Å². The van der Waals surface area contributed by atoms with Gasteiger partial charge in [-0.2, -0.15) is 4.31 Å². The number of sulfonamides is 1. The van der Waals surface area contributed by atoms with Crippen molar-refractivity contribution in [2.75, 3.05) is 11.6 Å². The Morgan fingerprint density at radius 1 is 1.16 bits per heavy atom. The lowest BCUT2D eigenvalue weighted by Crippen LogP contribution is -2.47. The van der Waals surface area contributed by atoms with Gasteiger partial charge in [0.05, 0.1) is 23.0 Å². The third-order valence-corrected chi connectivity index (χ3v) is 9.61. The predicted octanol–water partition coefficient (Wildman–Crippen LogP) is 4.12. The molecule has 0 spiro atoms. The third-order valence-electron chi connectivity index (χ3n) is 5.33. The van der Waals surface area contributed by atoms with Crippen LogP contribution in [0.25, 0.3) is 10.6 Å². The number of thioether (sulfide) groups is 1. The van der Waals surface area contributed by atoms with E-state index in [4.69, 9.17) is 0 Å². The van der Waals surface area contributed by atoms with Crippen LogP contribution in [0.15, 0.2) is 52.7 Å². The lowest BCUT2D eigenvalue weighted by molar-refractivity contribution is -0.124. The number of carbonyl (C=O) groups is 1. The van der Waals surface area contributed by atoms with Crippen LogP contribution < -0.4 is 5.32 Å². The Bertz CT molecular complexity index is 1220. The second kappa shape index (κ2) is 9.35. The van der Waals surface area contributed by atoms with Crippen molar-refractivity contribution in [1.29, 1.82) is 0 Å². The van der Waals surface area contributed by atoms with Crippen molar-refractivity contribution in [3.8, 4) is 10.6 Å². The molecule has 1 aromatic heterocycles. The molecule has 0 saturated carbocycles. The fourth-order valence-electron chi connectivity index (χ4n) is 3.96. The molecule has 2 aromatic carbocycles. The molecule has 1 saturated heterocycles. The van der Waals surface area contributed by atoms with Crippen LogP contribution in [-0.2, 0) is 21.4 Å². The van der Waals surface area contributed by atoms with Gasteiger partial charge in [-0.3, -0.25) is 4.79 Å². The monoisotopic (exact) mass is 487 g/mol. The molecule has 3 aromatic rings. The first-order chi connectivity index (χ1) is 15.3. The van der Waals surface area contributed by atoms with Crippen molar-refractivity contribution in [3.05, 3.63) is 70.2 Å². The molecule has 1 aliphatic heterocycles. The zero-order valence-corrected chi connectivity index (χ0v) is 20.6. The van der Waals surface area contributed by atoms with Gasteiger partial charge >= 0.3 is 0 Å². The first-order valence-corrected chi connectivity index (χ1v) is 13.7. The first kappa shape index (κ1) is 23.0. The van der Waals surface area contributed by atoms with Crippen LogP contribution in [0.5, 0.6) is 0 Å². The Kier molecular flexibility index (Phi) is 6.71. The smallest absolute Gasteiger partial charge is 0.245 e. The summed E-state index contributed by atoms with van der Waals surface area (Å²) in [5.41, 5.74) is 4.21. The van der Waals surface area contributed by atoms with Gasteiger partial charge in [-0.05, 0) is 31.9 Å². The zero-order valence-electron chi connectivity index (χ0n) is 18.2.